The van der Waals surface area contributed by atoms with Crippen molar-refractivity contribution in [2.24, 2.45) is 0 Å². The first kappa shape index (κ1) is 21.9. The second kappa shape index (κ2) is 8.95. The first-order chi connectivity index (χ1) is 14.7. The summed E-state index contributed by atoms with van der Waals surface area (Å²) in [5, 5.41) is 9.88. The Hall–Kier alpha value is -3.75. The minimum atomic E-state index is -0.370. The maximum absolute atomic E-state index is 13.1. The molecule has 1 aromatic carbocycles. The van der Waals surface area contributed by atoms with Crippen molar-refractivity contribution in [3.05, 3.63) is 63.3 Å². The van der Waals surface area contributed by atoms with E-state index >= 15 is 0 Å². The fourth-order valence-electron chi connectivity index (χ4n) is 3.41. The number of carbonyl (C=O) groups is 2. The first-order valence-corrected chi connectivity index (χ1v) is 10.0. The average molecular weight is 422 g/mol. The summed E-state index contributed by atoms with van der Waals surface area (Å²) >= 11 is 0. The first-order valence-electron chi connectivity index (χ1n) is 10.0. The summed E-state index contributed by atoms with van der Waals surface area (Å²) in [7, 11) is 0. The fourth-order valence-corrected chi connectivity index (χ4v) is 3.41. The molecule has 2 aromatic heterocycles. The molecule has 9 heteroatoms. The molecular formula is C22H26N6O3. The summed E-state index contributed by atoms with van der Waals surface area (Å²) in [6.45, 7) is 8.62. The summed E-state index contributed by atoms with van der Waals surface area (Å²) < 4.78 is 2.94. The number of hydrogen-bond acceptors (Lipinski definition) is 5. The molecule has 0 aliphatic heterocycles. The lowest BCUT2D eigenvalue weighted by atomic mass is 10.2. The van der Waals surface area contributed by atoms with E-state index in [1.165, 1.54) is 11.5 Å². The van der Waals surface area contributed by atoms with Crippen LogP contribution < -0.4 is 16.2 Å². The quantitative estimate of drug-likeness (QED) is 0.634. The molecule has 0 aliphatic carbocycles. The molecule has 0 saturated heterocycles. The highest BCUT2D eigenvalue weighted by Crippen LogP contribution is 2.15. The number of hydrogen-bond donors (Lipinski definition) is 2. The van der Waals surface area contributed by atoms with E-state index in [9.17, 15) is 14.4 Å². The second-order valence-electron chi connectivity index (χ2n) is 7.37. The predicted octanol–water partition coefficient (Wildman–Crippen LogP) is 2.51. The van der Waals surface area contributed by atoms with Crippen molar-refractivity contribution in [2.45, 2.75) is 47.6 Å². The van der Waals surface area contributed by atoms with Crippen LogP contribution in [0.15, 0.2) is 35.1 Å². The number of nitrogens with zero attached hydrogens (tertiary/aromatic N) is 4. The maximum atomic E-state index is 13.1. The van der Waals surface area contributed by atoms with Gasteiger partial charge in [-0.3, -0.25) is 19.0 Å². The third-order valence-corrected chi connectivity index (χ3v) is 4.79. The lowest BCUT2D eigenvalue weighted by Gasteiger charge is -2.16. The van der Waals surface area contributed by atoms with E-state index in [1.54, 1.807) is 35.9 Å². The highest BCUT2D eigenvalue weighted by Gasteiger charge is 2.19. The van der Waals surface area contributed by atoms with Crippen molar-refractivity contribution in [1.82, 2.24) is 19.3 Å². The zero-order chi connectivity index (χ0) is 22.7. The summed E-state index contributed by atoms with van der Waals surface area (Å²) in [6, 6.07) is 8.62. The molecule has 31 heavy (non-hydrogen) atoms. The Bertz CT molecular complexity index is 1190. The van der Waals surface area contributed by atoms with Gasteiger partial charge in [-0.2, -0.15) is 5.10 Å². The van der Waals surface area contributed by atoms with Gasteiger partial charge in [0.15, 0.2) is 0 Å². The lowest BCUT2D eigenvalue weighted by Crippen LogP contribution is -2.34. The molecule has 0 saturated carbocycles. The van der Waals surface area contributed by atoms with E-state index in [1.807, 2.05) is 26.8 Å². The van der Waals surface area contributed by atoms with Crippen molar-refractivity contribution in [3.8, 4) is 5.95 Å². The van der Waals surface area contributed by atoms with E-state index in [2.05, 4.69) is 20.7 Å². The Morgan fingerprint density at radius 3 is 2.16 bits per heavy atom. The third-order valence-electron chi connectivity index (χ3n) is 4.79. The minimum absolute atomic E-state index is 0.175. The second-order valence-corrected chi connectivity index (χ2v) is 7.37. The van der Waals surface area contributed by atoms with Gasteiger partial charge in [-0.25, -0.2) is 9.67 Å². The highest BCUT2D eigenvalue weighted by molar-refractivity contribution is 5.92. The molecule has 2 amide bonds. The summed E-state index contributed by atoms with van der Waals surface area (Å²) in [4.78, 5) is 41.6. The summed E-state index contributed by atoms with van der Waals surface area (Å²) in [5.74, 6) is -0.238. The van der Waals surface area contributed by atoms with Gasteiger partial charge in [0.05, 0.1) is 11.4 Å². The number of rotatable bonds is 6. The van der Waals surface area contributed by atoms with E-state index in [0.29, 0.717) is 35.0 Å². The summed E-state index contributed by atoms with van der Waals surface area (Å²) in [5.41, 5.74) is 3.72. The van der Waals surface area contributed by atoms with Gasteiger partial charge in [-0.15, -0.1) is 0 Å². The number of aromatic nitrogens is 4. The molecule has 0 spiro atoms. The molecule has 3 rings (SSSR count). The normalized spacial score (nSPS) is 10.7. The molecule has 0 fully saturated rings. The Morgan fingerprint density at radius 1 is 1.03 bits per heavy atom. The van der Waals surface area contributed by atoms with Crippen LogP contribution in [-0.2, 0) is 22.6 Å². The molecule has 2 N–H and O–H groups in total. The molecule has 0 aliphatic rings. The molecule has 9 nitrogen and oxygen atoms in total. The Labute approximate surface area is 180 Å². The zero-order valence-electron chi connectivity index (χ0n) is 18.3. The van der Waals surface area contributed by atoms with Crippen LogP contribution in [0.5, 0.6) is 0 Å². The Balaban J connectivity index is 1.92. The van der Waals surface area contributed by atoms with Crippen LogP contribution in [0.1, 0.15) is 36.5 Å². The molecule has 162 valence electrons. The number of carbonyl (C=O) groups excluding carboxylic acids is 2. The molecular weight excluding hydrogens is 396 g/mol. The predicted molar refractivity (Wildman–Crippen MR) is 119 cm³/mol. The number of aryl methyl sites for hydroxylation is 3. The van der Waals surface area contributed by atoms with Crippen molar-refractivity contribution < 1.29 is 9.59 Å². The van der Waals surface area contributed by atoms with E-state index < -0.39 is 0 Å². The van der Waals surface area contributed by atoms with E-state index in [-0.39, 0.29) is 23.9 Å². The van der Waals surface area contributed by atoms with Crippen molar-refractivity contribution in [3.63, 3.8) is 0 Å². The fraction of sp³-hybridized carbons (Fsp3) is 0.318. The Morgan fingerprint density at radius 2 is 1.65 bits per heavy atom. The number of amides is 2. The van der Waals surface area contributed by atoms with Crippen LogP contribution in [0.25, 0.3) is 5.95 Å². The third kappa shape index (κ3) is 4.88. The number of benzene rings is 1. The average Bonchev–Trinajstić information content (AvgIpc) is 3.03. The van der Waals surface area contributed by atoms with Crippen LogP contribution in [0, 0.1) is 20.8 Å². The van der Waals surface area contributed by atoms with Gasteiger partial charge in [-0.05, 0) is 57.5 Å². The summed E-state index contributed by atoms with van der Waals surface area (Å²) in [6.07, 6.45) is 0.515. The number of anilines is 2. The Kier molecular flexibility index (Phi) is 6.33. The van der Waals surface area contributed by atoms with Gasteiger partial charge in [0.25, 0.3) is 5.56 Å². The topological polar surface area (TPSA) is 111 Å². The van der Waals surface area contributed by atoms with E-state index in [4.69, 9.17) is 0 Å². The van der Waals surface area contributed by atoms with Crippen molar-refractivity contribution in [2.75, 3.05) is 10.6 Å². The van der Waals surface area contributed by atoms with Crippen LogP contribution in [0.4, 0.5) is 11.4 Å². The van der Waals surface area contributed by atoms with Gasteiger partial charge in [0.2, 0.25) is 17.8 Å². The lowest BCUT2D eigenvalue weighted by molar-refractivity contribution is -0.117. The van der Waals surface area contributed by atoms with Crippen LogP contribution >= 0.6 is 0 Å². The van der Waals surface area contributed by atoms with Crippen LogP contribution in [0.2, 0.25) is 0 Å². The van der Waals surface area contributed by atoms with E-state index in [0.717, 1.165) is 11.4 Å². The SMILES string of the molecule is CCc1c(C)nc(-n2nc(C)cc2C)n(CC(=O)Nc2ccc(NC(C)=O)cc2)c1=O. The smallest absolute Gasteiger partial charge is 0.258 e. The van der Waals surface area contributed by atoms with Gasteiger partial charge in [-0.1, -0.05) is 6.92 Å². The van der Waals surface area contributed by atoms with Crippen molar-refractivity contribution in [1.29, 1.82) is 0 Å². The molecule has 0 atom stereocenters. The number of nitrogens with one attached hydrogen (secondary N) is 2. The van der Waals surface area contributed by atoms with Crippen LogP contribution in [-0.4, -0.2) is 31.1 Å². The maximum Gasteiger partial charge on any atom is 0.258 e. The minimum Gasteiger partial charge on any atom is -0.326 e. The molecule has 0 bridgehead atoms. The van der Waals surface area contributed by atoms with Gasteiger partial charge in [0, 0.05) is 29.6 Å². The molecule has 0 unspecified atom stereocenters. The van der Waals surface area contributed by atoms with Crippen molar-refractivity contribution >= 4 is 23.2 Å². The van der Waals surface area contributed by atoms with Crippen LogP contribution in [0.3, 0.4) is 0 Å². The molecule has 3 aromatic rings. The standard InChI is InChI=1S/C22H26N6O3/c1-6-19-15(4)23-22(28-14(3)11-13(2)26-28)27(21(19)31)12-20(30)25-18-9-7-17(8-10-18)24-16(5)29/h7-11H,6,12H2,1-5H3,(H,24,29)(H,25,30). The molecule has 2 heterocycles. The van der Waals surface area contributed by atoms with Gasteiger partial charge in [0.1, 0.15) is 6.54 Å². The zero-order valence-corrected chi connectivity index (χ0v) is 18.3. The molecule has 0 radical (unpaired) electrons. The monoisotopic (exact) mass is 422 g/mol. The van der Waals surface area contributed by atoms with Gasteiger partial charge < -0.3 is 10.6 Å². The van der Waals surface area contributed by atoms with Gasteiger partial charge >= 0.3 is 0 Å². The highest BCUT2D eigenvalue weighted by atomic mass is 16.2. The largest absolute Gasteiger partial charge is 0.326 e.